The number of aliphatic hydroxyl groups is 1. The van der Waals surface area contributed by atoms with Gasteiger partial charge in [-0.3, -0.25) is 9.69 Å². The minimum Gasteiger partial charge on any atom is -0.491 e. The molecule has 0 radical (unpaired) electrons. The topological polar surface area (TPSA) is 87.2 Å². The van der Waals surface area contributed by atoms with Gasteiger partial charge in [0.15, 0.2) is 9.84 Å². The lowest BCUT2D eigenvalue weighted by Gasteiger charge is -2.30. The molecule has 1 heterocycles. The zero-order chi connectivity index (χ0) is 22.4. The first-order chi connectivity index (χ1) is 14.8. The van der Waals surface area contributed by atoms with E-state index < -0.39 is 15.9 Å². The number of carbonyl (C=O) groups is 1. The Balaban J connectivity index is 1.66. The molecule has 3 rings (SSSR count). The van der Waals surface area contributed by atoms with Gasteiger partial charge in [0.1, 0.15) is 24.7 Å². The van der Waals surface area contributed by atoms with E-state index in [0.717, 1.165) is 17.5 Å². The predicted molar refractivity (Wildman–Crippen MR) is 122 cm³/mol. The molecule has 2 atom stereocenters. The fourth-order valence-electron chi connectivity index (χ4n) is 3.73. The largest absolute Gasteiger partial charge is 0.491 e. The molecule has 0 aliphatic carbocycles. The quantitative estimate of drug-likeness (QED) is 0.559. The van der Waals surface area contributed by atoms with Crippen molar-refractivity contribution < 1.29 is 23.1 Å². The van der Waals surface area contributed by atoms with E-state index in [4.69, 9.17) is 4.74 Å². The molecule has 0 aromatic heterocycles. The minimum atomic E-state index is -3.04. The Morgan fingerprint density at radius 3 is 2.55 bits per heavy atom. The van der Waals surface area contributed by atoms with Crippen LogP contribution in [0.3, 0.4) is 0 Å². The van der Waals surface area contributed by atoms with Crippen molar-refractivity contribution >= 4 is 21.8 Å². The second-order valence-corrected chi connectivity index (χ2v) is 10.4. The van der Waals surface area contributed by atoms with Crippen LogP contribution in [0.15, 0.2) is 48.5 Å². The molecular formula is C23H30N2O5S. The van der Waals surface area contributed by atoms with Crippen molar-refractivity contribution in [3.63, 3.8) is 0 Å². The summed E-state index contributed by atoms with van der Waals surface area (Å²) in [6.45, 7) is 0.895. The highest BCUT2D eigenvalue weighted by atomic mass is 32.2. The van der Waals surface area contributed by atoms with Crippen molar-refractivity contribution in [2.45, 2.75) is 25.1 Å². The van der Waals surface area contributed by atoms with Crippen molar-refractivity contribution in [3.8, 4) is 5.75 Å². The Hall–Kier alpha value is -2.42. The molecule has 1 saturated heterocycles. The summed E-state index contributed by atoms with van der Waals surface area (Å²) in [7, 11) is 0.912. The van der Waals surface area contributed by atoms with Crippen molar-refractivity contribution in [3.05, 3.63) is 59.7 Å². The summed E-state index contributed by atoms with van der Waals surface area (Å²) in [6, 6.07) is 14.7. The summed E-state index contributed by atoms with van der Waals surface area (Å²) in [4.78, 5) is 15.0. The molecule has 0 spiro atoms. The molecule has 168 valence electrons. The van der Waals surface area contributed by atoms with Crippen LogP contribution in [0.1, 0.15) is 22.3 Å². The van der Waals surface area contributed by atoms with Gasteiger partial charge >= 0.3 is 0 Å². The Morgan fingerprint density at radius 1 is 1.19 bits per heavy atom. The maximum Gasteiger partial charge on any atom is 0.151 e. The van der Waals surface area contributed by atoms with Crippen molar-refractivity contribution in [2.75, 3.05) is 43.7 Å². The molecule has 1 fully saturated rings. The number of aldehydes is 1. The van der Waals surface area contributed by atoms with E-state index in [1.54, 1.807) is 24.3 Å². The standard InChI is InChI=1S/C23H30N2O5S/c1-24(2)20-8-6-18(7-9-20)13-25(21-10-11-31(28,29)17-21)14-22(27)16-30-23-5-3-4-19(12-23)15-26/h3-9,12,15,21-22,27H,10-11,13-14,16-17H2,1-2H3. The lowest BCUT2D eigenvalue weighted by atomic mass is 10.1. The average molecular weight is 447 g/mol. The average Bonchev–Trinajstić information content (AvgIpc) is 3.12. The van der Waals surface area contributed by atoms with Crippen LogP contribution < -0.4 is 9.64 Å². The first kappa shape index (κ1) is 23.2. The summed E-state index contributed by atoms with van der Waals surface area (Å²) in [5.74, 6) is 0.800. The Kier molecular flexibility index (Phi) is 7.69. The molecule has 0 bridgehead atoms. The Labute approximate surface area is 184 Å². The number of ether oxygens (including phenoxy) is 1. The number of benzene rings is 2. The first-order valence-corrected chi connectivity index (χ1v) is 12.1. The molecule has 1 aliphatic heterocycles. The van der Waals surface area contributed by atoms with E-state index in [9.17, 15) is 18.3 Å². The zero-order valence-electron chi connectivity index (χ0n) is 18.0. The van der Waals surface area contributed by atoms with E-state index in [0.29, 0.717) is 30.8 Å². The van der Waals surface area contributed by atoms with Crippen LogP contribution in [0.25, 0.3) is 0 Å². The van der Waals surface area contributed by atoms with Gasteiger partial charge in [0, 0.05) is 44.5 Å². The molecule has 8 heteroatoms. The summed E-state index contributed by atoms with van der Waals surface area (Å²) >= 11 is 0. The van der Waals surface area contributed by atoms with Crippen LogP contribution >= 0.6 is 0 Å². The Morgan fingerprint density at radius 2 is 1.94 bits per heavy atom. The van der Waals surface area contributed by atoms with Crippen LogP contribution in [0.5, 0.6) is 5.75 Å². The van der Waals surface area contributed by atoms with E-state index >= 15 is 0 Å². The fraction of sp³-hybridized carbons (Fsp3) is 0.435. The monoisotopic (exact) mass is 446 g/mol. The van der Waals surface area contributed by atoms with Crippen LogP contribution in [-0.4, -0.2) is 75.6 Å². The Bertz CT molecular complexity index is 976. The van der Waals surface area contributed by atoms with Gasteiger partial charge in [-0.05, 0) is 36.2 Å². The van der Waals surface area contributed by atoms with Crippen molar-refractivity contribution in [1.82, 2.24) is 4.90 Å². The van der Waals surface area contributed by atoms with Gasteiger partial charge in [-0.2, -0.15) is 0 Å². The van der Waals surface area contributed by atoms with Gasteiger partial charge in [0.25, 0.3) is 0 Å². The number of nitrogens with zero attached hydrogens (tertiary/aromatic N) is 2. The predicted octanol–water partition coefficient (Wildman–Crippen LogP) is 1.99. The van der Waals surface area contributed by atoms with Crippen LogP contribution in [0.4, 0.5) is 5.69 Å². The maximum atomic E-state index is 12.0. The van der Waals surface area contributed by atoms with Crippen LogP contribution in [0.2, 0.25) is 0 Å². The molecule has 0 amide bonds. The summed E-state index contributed by atoms with van der Waals surface area (Å²) in [5.41, 5.74) is 2.65. The van der Waals surface area contributed by atoms with Gasteiger partial charge in [0.05, 0.1) is 11.5 Å². The lowest BCUT2D eigenvalue weighted by Crippen LogP contribution is -2.42. The first-order valence-electron chi connectivity index (χ1n) is 10.3. The molecule has 7 nitrogen and oxygen atoms in total. The highest BCUT2D eigenvalue weighted by Gasteiger charge is 2.33. The number of hydrogen-bond acceptors (Lipinski definition) is 7. The lowest BCUT2D eigenvalue weighted by molar-refractivity contribution is 0.0524. The molecule has 2 unspecified atom stereocenters. The van der Waals surface area contributed by atoms with Crippen LogP contribution in [0, 0.1) is 0 Å². The number of sulfone groups is 1. The number of carbonyl (C=O) groups excluding carboxylic acids is 1. The molecular weight excluding hydrogens is 416 g/mol. The second-order valence-electron chi connectivity index (χ2n) is 8.20. The van der Waals surface area contributed by atoms with Gasteiger partial charge < -0.3 is 14.7 Å². The molecule has 2 aromatic carbocycles. The van der Waals surface area contributed by atoms with Gasteiger partial charge in [-0.15, -0.1) is 0 Å². The highest BCUT2D eigenvalue weighted by Crippen LogP contribution is 2.22. The van der Waals surface area contributed by atoms with Crippen LogP contribution in [-0.2, 0) is 16.4 Å². The van der Waals surface area contributed by atoms with Crippen molar-refractivity contribution in [2.24, 2.45) is 0 Å². The number of hydrogen-bond donors (Lipinski definition) is 1. The normalized spacial score (nSPS) is 18.6. The third-order valence-corrected chi connectivity index (χ3v) is 7.20. The van der Waals surface area contributed by atoms with E-state index in [2.05, 4.69) is 0 Å². The van der Waals surface area contributed by atoms with Gasteiger partial charge in [0.2, 0.25) is 0 Å². The fourth-order valence-corrected chi connectivity index (χ4v) is 5.50. The summed E-state index contributed by atoms with van der Waals surface area (Å²) in [5, 5.41) is 10.6. The highest BCUT2D eigenvalue weighted by molar-refractivity contribution is 7.91. The molecule has 1 aliphatic rings. The molecule has 0 saturated carbocycles. The molecule has 31 heavy (non-hydrogen) atoms. The SMILES string of the molecule is CN(C)c1ccc(CN(CC(O)COc2cccc(C=O)c2)C2CCS(=O)(=O)C2)cc1. The van der Waals surface area contributed by atoms with E-state index in [1.165, 1.54) is 0 Å². The van der Waals surface area contributed by atoms with E-state index in [1.807, 2.05) is 48.2 Å². The molecule has 1 N–H and O–H groups in total. The second kappa shape index (κ2) is 10.3. The maximum absolute atomic E-state index is 12.0. The summed E-state index contributed by atoms with van der Waals surface area (Å²) in [6.07, 6.45) is 0.504. The summed E-state index contributed by atoms with van der Waals surface area (Å²) < 4.78 is 29.7. The smallest absolute Gasteiger partial charge is 0.151 e. The third kappa shape index (κ3) is 6.78. The molecule has 2 aromatic rings. The minimum absolute atomic E-state index is 0.0534. The van der Waals surface area contributed by atoms with Gasteiger partial charge in [-0.25, -0.2) is 8.42 Å². The van der Waals surface area contributed by atoms with Gasteiger partial charge in [-0.1, -0.05) is 24.3 Å². The number of anilines is 1. The number of aliphatic hydroxyl groups excluding tert-OH is 1. The number of rotatable bonds is 10. The zero-order valence-corrected chi connectivity index (χ0v) is 18.8. The van der Waals surface area contributed by atoms with E-state index in [-0.39, 0.29) is 24.2 Å². The third-order valence-electron chi connectivity index (χ3n) is 5.45. The van der Waals surface area contributed by atoms with Crippen molar-refractivity contribution in [1.29, 1.82) is 0 Å².